The second-order valence-corrected chi connectivity index (χ2v) is 5.62. The normalized spacial score (nSPS) is 11.1. The Kier molecular flexibility index (Phi) is 4.42. The highest BCUT2D eigenvalue weighted by molar-refractivity contribution is 6.34. The number of hydrogen-bond donors (Lipinski definition) is 0. The predicted molar refractivity (Wildman–Crippen MR) is 87.1 cm³/mol. The van der Waals surface area contributed by atoms with Crippen LogP contribution in [0.3, 0.4) is 0 Å². The summed E-state index contributed by atoms with van der Waals surface area (Å²) >= 11 is 12.1. The molecule has 3 aromatic rings. The number of halogens is 2. The van der Waals surface area contributed by atoms with Gasteiger partial charge < -0.3 is 4.57 Å². The van der Waals surface area contributed by atoms with E-state index in [1.54, 1.807) is 0 Å². The number of pyridine rings is 1. The number of aromatic nitrogens is 3. The number of hydrogen-bond acceptors (Lipinski definition) is 2. The van der Waals surface area contributed by atoms with Gasteiger partial charge in [-0.05, 0) is 36.2 Å². The standard InChI is InChI=1S/C16H15Cl2N3/c17-8-4-15-20-16-13(18)2-1-3-14(16)21(15)11-7-12-5-9-19-10-6-12/h1-3,5-6,9-10H,4,7-8,11H2. The monoisotopic (exact) mass is 319 g/mol. The first-order chi connectivity index (χ1) is 10.3. The van der Waals surface area contributed by atoms with Crippen LogP contribution < -0.4 is 0 Å². The van der Waals surface area contributed by atoms with Gasteiger partial charge in [0.2, 0.25) is 0 Å². The first-order valence-electron chi connectivity index (χ1n) is 6.88. The molecule has 0 saturated carbocycles. The number of rotatable bonds is 5. The first kappa shape index (κ1) is 14.4. The lowest BCUT2D eigenvalue weighted by Gasteiger charge is -2.08. The van der Waals surface area contributed by atoms with Gasteiger partial charge in [0.05, 0.1) is 10.5 Å². The molecule has 0 amide bonds. The maximum absolute atomic E-state index is 6.24. The smallest absolute Gasteiger partial charge is 0.111 e. The van der Waals surface area contributed by atoms with Gasteiger partial charge in [0.1, 0.15) is 11.3 Å². The quantitative estimate of drug-likeness (QED) is 0.662. The van der Waals surface area contributed by atoms with Gasteiger partial charge in [0.15, 0.2) is 0 Å². The van der Waals surface area contributed by atoms with E-state index < -0.39 is 0 Å². The van der Waals surface area contributed by atoms with Gasteiger partial charge in [0.25, 0.3) is 0 Å². The van der Waals surface area contributed by atoms with E-state index in [2.05, 4.69) is 20.6 Å². The summed E-state index contributed by atoms with van der Waals surface area (Å²) in [6, 6.07) is 9.95. The summed E-state index contributed by atoms with van der Waals surface area (Å²) < 4.78 is 2.21. The summed E-state index contributed by atoms with van der Waals surface area (Å²) in [6.45, 7) is 0.854. The van der Waals surface area contributed by atoms with Gasteiger partial charge in [-0.25, -0.2) is 4.98 Å². The molecule has 3 nitrogen and oxygen atoms in total. The van der Waals surface area contributed by atoms with Crippen LogP contribution in [0.25, 0.3) is 11.0 Å². The van der Waals surface area contributed by atoms with Crippen molar-refractivity contribution in [2.24, 2.45) is 0 Å². The number of nitrogens with zero attached hydrogens (tertiary/aromatic N) is 3. The number of imidazole rings is 1. The lowest BCUT2D eigenvalue weighted by molar-refractivity contribution is 0.674. The summed E-state index contributed by atoms with van der Waals surface area (Å²) in [5.74, 6) is 1.54. The van der Waals surface area contributed by atoms with Crippen molar-refractivity contribution in [2.75, 3.05) is 5.88 Å². The van der Waals surface area contributed by atoms with Crippen LogP contribution in [0.2, 0.25) is 5.02 Å². The Labute approximate surface area is 133 Å². The minimum atomic E-state index is 0.552. The highest BCUT2D eigenvalue weighted by Gasteiger charge is 2.12. The molecule has 0 radical (unpaired) electrons. The van der Waals surface area contributed by atoms with Crippen LogP contribution in [-0.2, 0) is 19.4 Å². The van der Waals surface area contributed by atoms with Crippen molar-refractivity contribution in [1.29, 1.82) is 0 Å². The van der Waals surface area contributed by atoms with Crippen molar-refractivity contribution in [3.05, 3.63) is 59.1 Å². The molecule has 0 spiro atoms. The van der Waals surface area contributed by atoms with Gasteiger partial charge in [-0.15, -0.1) is 11.6 Å². The lowest BCUT2D eigenvalue weighted by Crippen LogP contribution is -2.07. The molecule has 3 rings (SSSR count). The zero-order chi connectivity index (χ0) is 14.7. The van der Waals surface area contributed by atoms with Crippen LogP contribution in [0, 0.1) is 0 Å². The van der Waals surface area contributed by atoms with Crippen molar-refractivity contribution >= 4 is 34.2 Å². The summed E-state index contributed by atoms with van der Waals surface area (Å²) in [7, 11) is 0. The lowest BCUT2D eigenvalue weighted by atomic mass is 10.2. The second kappa shape index (κ2) is 6.46. The van der Waals surface area contributed by atoms with E-state index >= 15 is 0 Å². The van der Waals surface area contributed by atoms with Crippen LogP contribution in [0.15, 0.2) is 42.7 Å². The molecular weight excluding hydrogens is 305 g/mol. The Hall–Kier alpha value is -1.58. The molecule has 0 aliphatic rings. The number of fused-ring (bicyclic) bond motifs is 1. The maximum atomic E-state index is 6.24. The molecule has 0 saturated heterocycles. The van der Waals surface area contributed by atoms with Gasteiger partial charge >= 0.3 is 0 Å². The van der Waals surface area contributed by atoms with Gasteiger partial charge in [-0.3, -0.25) is 4.98 Å². The molecule has 2 aromatic heterocycles. The highest BCUT2D eigenvalue weighted by atomic mass is 35.5. The zero-order valence-electron chi connectivity index (χ0n) is 11.5. The molecule has 5 heteroatoms. The average Bonchev–Trinajstić information content (AvgIpc) is 2.86. The van der Waals surface area contributed by atoms with Crippen molar-refractivity contribution in [1.82, 2.24) is 14.5 Å². The molecule has 108 valence electrons. The van der Waals surface area contributed by atoms with Crippen molar-refractivity contribution in [3.8, 4) is 0 Å². The van der Waals surface area contributed by atoms with E-state index in [0.717, 1.165) is 36.2 Å². The molecule has 2 heterocycles. The van der Waals surface area contributed by atoms with Crippen LogP contribution in [0.1, 0.15) is 11.4 Å². The van der Waals surface area contributed by atoms with Crippen LogP contribution in [0.4, 0.5) is 0 Å². The highest BCUT2D eigenvalue weighted by Crippen LogP contribution is 2.24. The third kappa shape index (κ3) is 3.04. The third-order valence-corrected chi connectivity index (χ3v) is 3.99. The zero-order valence-corrected chi connectivity index (χ0v) is 13.0. The molecule has 0 aliphatic heterocycles. The van der Waals surface area contributed by atoms with Gasteiger partial charge in [-0.2, -0.15) is 0 Å². The number of alkyl halides is 1. The summed E-state index contributed by atoms with van der Waals surface area (Å²) in [5.41, 5.74) is 3.18. The Morgan fingerprint density at radius 1 is 1.05 bits per heavy atom. The Morgan fingerprint density at radius 2 is 1.86 bits per heavy atom. The van der Waals surface area contributed by atoms with Gasteiger partial charge in [-0.1, -0.05) is 17.7 Å². The number of para-hydroxylation sites is 1. The third-order valence-electron chi connectivity index (χ3n) is 3.50. The fraction of sp³-hybridized carbons (Fsp3) is 0.250. The summed E-state index contributed by atoms with van der Waals surface area (Å²) in [6.07, 6.45) is 5.30. The van der Waals surface area contributed by atoms with Gasteiger partial charge in [0, 0.05) is 31.2 Å². The van der Waals surface area contributed by atoms with E-state index in [1.165, 1.54) is 5.56 Å². The van der Waals surface area contributed by atoms with Crippen molar-refractivity contribution in [3.63, 3.8) is 0 Å². The largest absolute Gasteiger partial charge is 0.328 e. The van der Waals surface area contributed by atoms with Crippen LogP contribution >= 0.6 is 23.2 Å². The van der Waals surface area contributed by atoms with E-state index in [0.29, 0.717) is 10.9 Å². The average molecular weight is 320 g/mol. The minimum Gasteiger partial charge on any atom is -0.328 e. The Morgan fingerprint density at radius 3 is 2.62 bits per heavy atom. The molecule has 0 bridgehead atoms. The van der Waals surface area contributed by atoms with Crippen molar-refractivity contribution < 1.29 is 0 Å². The topological polar surface area (TPSA) is 30.7 Å². The van der Waals surface area contributed by atoms with E-state index in [-0.39, 0.29) is 0 Å². The summed E-state index contributed by atoms with van der Waals surface area (Å²) in [4.78, 5) is 8.69. The second-order valence-electron chi connectivity index (χ2n) is 4.83. The predicted octanol–water partition coefficient (Wildman–Crippen LogP) is 4.11. The Bertz CT molecular complexity index is 738. The fourth-order valence-corrected chi connectivity index (χ4v) is 2.86. The first-order valence-corrected chi connectivity index (χ1v) is 7.79. The minimum absolute atomic E-state index is 0.552. The molecule has 0 atom stereocenters. The molecule has 1 aromatic carbocycles. The molecule has 0 N–H and O–H groups in total. The molecular formula is C16H15Cl2N3. The SMILES string of the molecule is ClCCc1nc2c(Cl)cccc2n1CCc1ccncc1. The van der Waals surface area contributed by atoms with Crippen LogP contribution in [-0.4, -0.2) is 20.4 Å². The van der Waals surface area contributed by atoms with E-state index in [1.807, 2.05) is 36.7 Å². The molecule has 21 heavy (non-hydrogen) atoms. The van der Waals surface area contributed by atoms with E-state index in [4.69, 9.17) is 23.2 Å². The maximum Gasteiger partial charge on any atom is 0.111 e. The van der Waals surface area contributed by atoms with Crippen molar-refractivity contribution in [2.45, 2.75) is 19.4 Å². The van der Waals surface area contributed by atoms with E-state index in [9.17, 15) is 0 Å². The summed E-state index contributed by atoms with van der Waals surface area (Å²) in [5, 5.41) is 0.686. The molecule has 0 fully saturated rings. The molecule has 0 aliphatic carbocycles. The Balaban J connectivity index is 1.95. The molecule has 0 unspecified atom stereocenters. The fourth-order valence-electron chi connectivity index (χ4n) is 2.48. The van der Waals surface area contributed by atoms with Crippen LogP contribution in [0.5, 0.6) is 0 Å². The number of benzene rings is 1. The number of aryl methyl sites for hydroxylation is 3.